The Kier molecular flexibility index (Phi) is 6.16. The number of alkyl halides is 2. The number of hydrogen-bond acceptors (Lipinski definition) is 4. The molecule has 1 aromatic heterocycles. The Morgan fingerprint density at radius 2 is 2.15 bits per heavy atom. The highest BCUT2D eigenvalue weighted by Gasteiger charge is 2.45. The molecule has 27 heavy (non-hydrogen) atoms. The van der Waals surface area contributed by atoms with Crippen molar-refractivity contribution in [2.45, 2.75) is 33.2 Å². The Morgan fingerprint density at radius 1 is 1.44 bits per heavy atom. The molecule has 2 aromatic rings. The van der Waals surface area contributed by atoms with E-state index in [1.54, 1.807) is 23.1 Å². The van der Waals surface area contributed by atoms with E-state index in [0.717, 1.165) is 0 Å². The highest BCUT2D eigenvalue weighted by atomic mass is 19.3. The molecule has 6 nitrogen and oxygen atoms in total. The zero-order valence-electron chi connectivity index (χ0n) is 15.5. The van der Waals surface area contributed by atoms with Gasteiger partial charge in [0.15, 0.2) is 0 Å². The Hall–Kier alpha value is -2.95. The van der Waals surface area contributed by atoms with Gasteiger partial charge in [-0.25, -0.2) is 13.6 Å². The van der Waals surface area contributed by atoms with Crippen LogP contribution in [0.5, 0.6) is 0 Å². The number of hydrogen-bond donors (Lipinski definition) is 1. The average molecular weight is 376 g/mol. The van der Waals surface area contributed by atoms with E-state index in [4.69, 9.17) is 5.11 Å². The van der Waals surface area contributed by atoms with Crippen molar-refractivity contribution in [2.24, 2.45) is 5.92 Å². The first kappa shape index (κ1) is 20.4. The number of halogens is 2. The Labute approximate surface area is 156 Å². The molecular weight excluding hydrogens is 354 g/mol. The summed E-state index contributed by atoms with van der Waals surface area (Å²) >= 11 is 0. The van der Waals surface area contributed by atoms with E-state index in [9.17, 15) is 18.8 Å². The summed E-state index contributed by atoms with van der Waals surface area (Å²) in [6.45, 7) is 5.61. The van der Waals surface area contributed by atoms with Crippen LogP contribution in [-0.4, -0.2) is 39.9 Å². The van der Waals surface area contributed by atoms with Crippen molar-refractivity contribution in [1.29, 1.82) is 5.26 Å². The molecule has 0 spiro atoms. The SMILES string of the molecule is CC.CC1CN(c2ccc(Cn3cc(C(=O)O)cn3)c(C#N)c2)CC1(F)F. The van der Waals surface area contributed by atoms with Crippen molar-refractivity contribution in [2.75, 3.05) is 18.0 Å². The lowest BCUT2D eigenvalue weighted by Gasteiger charge is -2.19. The van der Waals surface area contributed by atoms with Crippen LogP contribution in [0.1, 0.15) is 42.3 Å². The molecule has 1 unspecified atom stereocenters. The molecule has 0 amide bonds. The second-order valence-electron chi connectivity index (χ2n) is 6.23. The van der Waals surface area contributed by atoms with Gasteiger partial charge in [0.05, 0.1) is 36.5 Å². The number of rotatable bonds is 4. The maximum absolute atomic E-state index is 13.7. The Balaban J connectivity index is 0.00000126. The normalized spacial score (nSPS) is 17.8. The summed E-state index contributed by atoms with van der Waals surface area (Å²) in [6, 6.07) is 7.05. The first-order valence-corrected chi connectivity index (χ1v) is 8.71. The van der Waals surface area contributed by atoms with E-state index >= 15 is 0 Å². The highest BCUT2D eigenvalue weighted by molar-refractivity contribution is 5.86. The number of carbonyl (C=O) groups is 1. The molecule has 1 fully saturated rings. The molecule has 1 atom stereocenters. The van der Waals surface area contributed by atoms with Gasteiger partial charge in [0, 0.05) is 24.3 Å². The molecule has 144 valence electrons. The summed E-state index contributed by atoms with van der Waals surface area (Å²) in [5.41, 5.74) is 1.64. The Morgan fingerprint density at radius 3 is 2.67 bits per heavy atom. The lowest BCUT2D eigenvalue weighted by Crippen LogP contribution is -2.26. The lowest BCUT2D eigenvalue weighted by molar-refractivity contribution is -0.0137. The highest BCUT2D eigenvalue weighted by Crippen LogP contribution is 2.35. The fourth-order valence-electron chi connectivity index (χ4n) is 2.87. The molecule has 1 saturated heterocycles. The van der Waals surface area contributed by atoms with Gasteiger partial charge in [-0.2, -0.15) is 10.4 Å². The van der Waals surface area contributed by atoms with Gasteiger partial charge in [0.2, 0.25) is 0 Å². The summed E-state index contributed by atoms with van der Waals surface area (Å²) < 4.78 is 28.9. The minimum Gasteiger partial charge on any atom is -0.478 e. The van der Waals surface area contributed by atoms with Crippen molar-refractivity contribution in [3.05, 3.63) is 47.3 Å². The molecule has 1 aliphatic rings. The molecule has 1 aliphatic heterocycles. The molecule has 3 rings (SSSR count). The van der Waals surface area contributed by atoms with Crippen LogP contribution in [-0.2, 0) is 6.54 Å². The average Bonchev–Trinajstić information content (AvgIpc) is 3.21. The van der Waals surface area contributed by atoms with Gasteiger partial charge < -0.3 is 10.0 Å². The van der Waals surface area contributed by atoms with E-state index in [2.05, 4.69) is 11.2 Å². The predicted octanol–water partition coefficient (Wildman–Crippen LogP) is 3.62. The predicted molar refractivity (Wildman–Crippen MR) is 97.1 cm³/mol. The summed E-state index contributed by atoms with van der Waals surface area (Å²) in [7, 11) is 0. The topological polar surface area (TPSA) is 82.2 Å². The van der Waals surface area contributed by atoms with Crippen molar-refractivity contribution in [3.8, 4) is 6.07 Å². The third-order valence-corrected chi connectivity index (χ3v) is 4.41. The molecule has 2 heterocycles. The molecule has 8 heteroatoms. The van der Waals surface area contributed by atoms with Crippen LogP contribution in [0.2, 0.25) is 0 Å². The molecule has 0 radical (unpaired) electrons. The lowest BCUT2D eigenvalue weighted by atomic mass is 10.1. The van der Waals surface area contributed by atoms with E-state index in [1.165, 1.54) is 24.0 Å². The van der Waals surface area contributed by atoms with Gasteiger partial charge >= 0.3 is 5.97 Å². The monoisotopic (exact) mass is 376 g/mol. The Bertz CT molecular complexity index is 858. The molecule has 1 N–H and O–H groups in total. The molecular formula is C19H22F2N4O2. The van der Waals surface area contributed by atoms with Crippen molar-refractivity contribution < 1.29 is 18.7 Å². The third kappa shape index (κ3) is 4.42. The van der Waals surface area contributed by atoms with Gasteiger partial charge in [0.25, 0.3) is 5.92 Å². The number of benzene rings is 1. The van der Waals surface area contributed by atoms with Gasteiger partial charge in [0.1, 0.15) is 0 Å². The summed E-state index contributed by atoms with van der Waals surface area (Å²) in [4.78, 5) is 12.5. The fraction of sp³-hybridized carbons (Fsp3) is 0.421. The van der Waals surface area contributed by atoms with E-state index < -0.39 is 17.8 Å². The first-order chi connectivity index (χ1) is 12.8. The number of carboxylic acid groups (broad SMARTS) is 1. The number of nitrogens with zero attached hydrogens (tertiary/aromatic N) is 4. The van der Waals surface area contributed by atoms with Gasteiger partial charge in [-0.15, -0.1) is 0 Å². The molecule has 0 saturated carbocycles. The van der Waals surface area contributed by atoms with Crippen LogP contribution in [0.3, 0.4) is 0 Å². The summed E-state index contributed by atoms with van der Waals surface area (Å²) in [6.07, 6.45) is 2.61. The maximum Gasteiger partial charge on any atom is 0.338 e. The molecule has 0 bridgehead atoms. The van der Waals surface area contributed by atoms with Crippen molar-refractivity contribution in [3.63, 3.8) is 0 Å². The maximum atomic E-state index is 13.7. The van der Waals surface area contributed by atoms with E-state index in [1.807, 2.05) is 13.8 Å². The first-order valence-electron chi connectivity index (χ1n) is 8.71. The standard InChI is InChI=1S/C17H16F2N4O2.C2H6/c1-11-7-22(10-17(11,18)19)15-3-2-12(13(4-15)5-20)8-23-9-14(6-21-23)16(24)25;1-2/h2-4,6,9,11H,7-8,10H2,1H3,(H,24,25);1-2H3. The van der Waals surface area contributed by atoms with Crippen molar-refractivity contribution in [1.82, 2.24) is 9.78 Å². The van der Waals surface area contributed by atoms with Gasteiger partial charge in [-0.1, -0.05) is 26.8 Å². The quantitative estimate of drug-likeness (QED) is 0.881. The number of aromatic carboxylic acids is 1. The second kappa shape index (κ2) is 8.16. The zero-order valence-corrected chi connectivity index (χ0v) is 15.5. The van der Waals surface area contributed by atoms with E-state index in [-0.39, 0.29) is 25.2 Å². The molecule has 0 aliphatic carbocycles. The number of aromatic nitrogens is 2. The van der Waals surface area contributed by atoms with Crippen LogP contribution in [0.4, 0.5) is 14.5 Å². The van der Waals surface area contributed by atoms with Crippen LogP contribution in [0.15, 0.2) is 30.6 Å². The van der Waals surface area contributed by atoms with Crippen LogP contribution in [0, 0.1) is 17.2 Å². The largest absolute Gasteiger partial charge is 0.478 e. The summed E-state index contributed by atoms with van der Waals surface area (Å²) in [5, 5.41) is 22.2. The van der Waals surface area contributed by atoms with Crippen molar-refractivity contribution >= 4 is 11.7 Å². The smallest absolute Gasteiger partial charge is 0.338 e. The number of nitriles is 1. The van der Waals surface area contributed by atoms with Crippen LogP contribution >= 0.6 is 0 Å². The number of anilines is 1. The molecule has 1 aromatic carbocycles. The second-order valence-corrected chi connectivity index (χ2v) is 6.23. The minimum atomic E-state index is -2.74. The van der Waals surface area contributed by atoms with Gasteiger partial charge in [-0.3, -0.25) is 4.68 Å². The third-order valence-electron chi connectivity index (χ3n) is 4.41. The van der Waals surface area contributed by atoms with E-state index in [0.29, 0.717) is 16.8 Å². The summed E-state index contributed by atoms with van der Waals surface area (Å²) in [5.74, 6) is -4.56. The van der Waals surface area contributed by atoms with Crippen LogP contribution in [0.25, 0.3) is 0 Å². The zero-order chi connectivity index (χ0) is 20.2. The number of carboxylic acids is 1. The van der Waals surface area contributed by atoms with Crippen LogP contribution < -0.4 is 4.90 Å². The minimum absolute atomic E-state index is 0.0587. The van der Waals surface area contributed by atoms with Gasteiger partial charge in [-0.05, 0) is 17.7 Å². The fourth-order valence-corrected chi connectivity index (χ4v) is 2.87.